The summed E-state index contributed by atoms with van der Waals surface area (Å²) in [6, 6.07) is 4.18. The van der Waals surface area contributed by atoms with E-state index in [0.717, 1.165) is 0 Å². The topological polar surface area (TPSA) is 66.8 Å². The molecule has 0 saturated heterocycles. The minimum Gasteiger partial charge on any atom is -0.487 e. The maximum atomic E-state index is 13.4. The molecule has 1 aliphatic heterocycles. The van der Waals surface area contributed by atoms with E-state index in [1.807, 2.05) is 6.92 Å². The smallest absolute Gasteiger partial charge is 0.306 e. The molecule has 1 aromatic rings. The van der Waals surface area contributed by atoms with E-state index < -0.39 is 11.8 Å². The Bertz CT molecular complexity index is 625. The molecule has 0 bridgehead atoms. The van der Waals surface area contributed by atoms with Crippen molar-refractivity contribution in [2.45, 2.75) is 38.7 Å². The molecule has 124 valence electrons. The lowest BCUT2D eigenvalue weighted by Crippen LogP contribution is -2.45. The zero-order chi connectivity index (χ0) is 16.6. The molecule has 0 radical (unpaired) electrons. The summed E-state index contributed by atoms with van der Waals surface area (Å²) in [7, 11) is 0. The van der Waals surface area contributed by atoms with Crippen molar-refractivity contribution in [1.29, 1.82) is 0 Å². The minimum atomic E-state index is -0.781. The Kier molecular flexibility index (Phi) is 4.24. The van der Waals surface area contributed by atoms with Gasteiger partial charge in [0.05, 0.1) is 18.2 Å². The summed E-state index contributed by atoms with van der Waals surface area (Å²) in [6.07, 6.45) is 2.02. The fraction of sp³-hybridized carbons (Fsp3) is 0.529. The monoisotopic (exact) mass is 321 g/mol. The molecular weight excluding hydrogens is 301 g/mol. The van der Waals surface area contributed by atoms with Crippen molar-refractivity contribution in [3.63, 3.8) is 0 Å². The highest BCUT2D eigenvalue weighted by atomic mass is 19.1. The standard InChI is InChI=1S/C17H20FNO4/c1-10-9-19(14-7-6-13(18)8-15(14)23-10)16(20)11-2-4-12(5-3-11)17(21)22/h6-8,10-12H,2-5,9H2,1H3,(H,21,22). The molecule has 5 nitrogen and oxygen atoms in total. The number of rotatable bonds is 2. The van der Waals surface area contributed by atoms with Gasteiger partial charge in [-0.2, -0.15) is 0 Å². The van der Waals surface area contributed by atoms with E-state index in [0.29, 0.717) is 43.7 Å². The number of carboxylic acids is 1. The number of aliphatic carboxylic acids is 1. The van der Waals surface area contributed by atoms with Gasteiger partial charge in [-0.25, -0.2) is 4.39 Å². The molecule has 1 amide bonds. The summed E-state index contributed by atoms with van der Waals surface area (Å²) in [5.41, 5.74) is 0.592. The molecule has 1 atom stereocenters. The summed E-state index contributed by atoms with van der Waals surface area (Å²) in [4.78, 5) is 25.5. The average molecular weight is 321 g/mol. The second-order valence-electron chi connectivity index (χ2n) is 6.38. The van der Waals surface area contributed by atoms with Gasteiger partial charge < -0.3 is 14.7 Å². The molecule has 1 fully saturated rings. The second kappa shape index (κ2) is 6.18. The number of carboxylic acid groups (broad SMARTS) is 1. The van der Waals surface area contributed by atoms with Crippen LogP contribution in [0.3, 0.4) is 0 Å². The SMILES string of the molecule is CC1CN(C(=O)C2CCC(C(=O)O)CC2)c2ccc(F)cc2O1. The van der Waals surface area contributed by atoms with Gasteiger partial charge in [0, 0.05) is 12.0 Å². The molecule has 6 heteroatoms. The molecule has 1 saturated carbocycles. The number of halogens is 1. The van der Waals surface area contributed by atoms with Crippen molar-refractivity contribution in [2.24, 2.45) is 11.8 Å². The number of nitrogens with zero attached hydrogens (tertiary/aromatic N) is 1. The predicted molar refractivity (Wildman–Crippen MR) is 81.9 cm³/mol. The highest BCUT2D eigenvalue weighted by Gasteiger charge is 2.35. The third-order valence-corrected chi connectivity index (χ3v) is 4.67. The van der Waals surface area contributed by atoms with Crippen LogP contribution >= 0.6 is 0 Å². The fourth-order valence-corrected chi connectivity index (χ4v) is 3.43. The van der Waals surface area contributed by atoms with Crippen molar-refractivity contribution >= 4 is 17.6 Å². The maximum absolute atomic E-state index is 13.4. The highest BCUT2D eigenvalue weighted by molar-refractivity contribution is 5.97. The number of carbonyl (C=O) groups is 2. The van der Waals surface area contributed by atoms with Gasteiger partial charge in [0.25, 0.3) is 0 Å². The van der Waals surface area contributed by atoms with Crippen LogP contribution in [-0.4, -0.2) is 29.6 Å². The molecule has 2 aliphatic rings. The van der Waals surface area contributed by atoms with Crippen LogP contribution in [0.25, 0.3) is 0 Å². The molecule has 1 aromatic carbocycles. The lowest BCUT2D eigenvalue weighted by Gasteiger charge is -2.36. The number of ether oxygens (including phenoxy) is 1. The summed E-state index contributed by atoms with van der Waals surface area (Å²) < 4.78 is 19.0. The number of carbonyl (C=O) groups excluding carboxylic acids is 1. The van der Waals surface area contributed by atoms with Crippen LogP contribution in [-0.2, 0) is 9.59 Å². The first-order chi connectivity index (χ1) is 11.0. The van der Waals surface area contributed by atoms with Crippen molar-refractivity contribution in [3.05, 3.63) is 24.0 Å². The summed E-state index contributed by atoms with van der Waals surface area (Å²) in [6.45, 7) is 2.27. The van der Waals surface area contributed by atoms with Gasteiger partial charge in [-0.15, -0.1) is 0 Å². The van der Waals surface area contributed by atoms with Crippen LogP contribution in [0.15, 0.2) is 18.2 Å². The number of hydrogen-bond donors (Lipinski definition) is 1. The van der Waals surface area contributed by atoms with E-state index in [4.69, 9.17) is 9.84 Å². The summed E-state index contributed by atoms with van der Waals surface area (Å²) in [5.74, 6) is -1.32. The number of benzene rings is 1. The normalized spacial score (nSPS) is 27.0. The summed E-state index contributed by atoms with van der Waals surface area (Å²) in [5, 5.41) is 9.06. The second-order valence-corrected chi connectivity index (χ2v) is 6.38. The van der Waals surface area contributed by atoms with Gasteiger partial charge in [0.2, 0.25) is 5.91 Å². The Morgan fingerprint density at radius 2 is 1.87 bits per heavy atom. The van der Waals surface area contributed by atoms with E-state index in [9.17, 15) is 14.0 Å². The molecule has 1 unspecified atom stereocenters. The molecule has 0 spiro atoms. The van der Waals surface area contributed by atoms with Gasteiger partial charge in [0.1, 0.15) is 17.7 Å². The first kappa shape index (κ1) is 15.8. The number of amides is 1. The van der Waals surface area contributed by atoms with Gasteiger partial charge in [-0.05, 0) is 44.7 Å². The van der Waals surface area contributed by atoms with Crippen LogP contribution in [0.4, 0.5) is 10.1 Å². The quantitative estimate of drug-likeness (QED) is 0.909. The lowest BCUT2D eigenvalue weighted by atomic mass is 9.81. The summed E-state index contributed by atoms with van der Waals surface area (Å²) >= 11 is 0. The van der Waals surface area contributed by atoms with Gasteiger partial charge in [-0.1, -0.05) is 0 Å². The highest BCUT2D eigenvalue weighted by Crippen LogP contribution is 2.37. The Morgan fingerprint density at radius 1 is 1.22 bits per heavy atom. The maximum Gasteiger partial charge on any atom is 0.306 e. The lowest BCUT2D eigenvalue weighted by molar-refractivity contribution is -0.144. The molecule has 1 N–H and O–H groups in total. The zero-order valence-electron chi connectivity index (χ0n) is 13.0. The van der Waals surface area contributed by atoms with Crippen molar-refractivity contribution < 1.29 is 23.8 Å². The Morgan fingerprint density at radius 3 is 2.52 bits per heavy atom. The third kappa shape index (κ3) is 3.16. The predicted octanol–water partition coefficient (Wildman–Crippen LogP) is 2.83. The average Bonchev–Trinajstić information content (AvgIpc) is 2.53. The van der Waals surface area contributed by atoms with Crippen LogP contribution < -0.4 is 9.64 Å². The first-order valence-electron chi connectivity index (χ1n) is 7.96. The van der Waals surface area contributed by atoms with Crippen LogP contribution in [0.1, 0.15) is 32.6 Å². The van der Waals surface area contributed by atoms with Crippen LogP contribution in [0.5, 0.6) is 5.75 Å². The Balaban J connectivity index is 1.77. The van der Waals surface area contributed by atoms with Crippen molar-refractivity contribution in [2.75, 3.05) is 11.4 Å². The Labute approximate surface area is 134 Å². The minimum absolute atomic E-state index is 0.0168. The first-order valence-corrected chi connectivity index (χ1v) is 7.96. The van der Waals surface area contributed by atoms with Crippen LogP contribution in [0, 0.1) is 17.7 Å². The number of hydrogen-bond acceptors (Lipinski definition) is 3. The molecule has 23 heavy (non-hydrogen) atoms. The van der Waals surface area contributed by atoms with Gasteiger partial charge >= 0.3 is 5.97 Å². The van der Waals surface area contributed by atoms with E-state index >= 15 is 0 Å². The Hall–Kier alpha value is -2.11. The number of fused-ring (bicyclic) bond motifs is 1. The van der Waals surface area contributed by atoms with Gasteiger partial charge in [-0.3, -0.25) is 9.59 Å². The third-order valence-electron chi connectivity index (χ3n) is 4.67. The van der Waals surface area contributed by atoms with Crippen molar-refractivity contribution in [3.8, 4) is 5.75 Å². The van der Waals surface area contributed by atoms with E-state index in [1.54, 1.807) is 11.0 Å². The zero-order valence-corrected chi connectivity index (χ0v) is 13.0. The van der Waals surface area contributed by atoms with Crippen LogP contribution in [0.2, 0.25) is 0 Å². The fourth-order valence-electron chi connectivity index (χ4n) is 3.43. The molecular formula is C17H20FNO4. The van der Waals surface area contributed by atoms with E-state index in [2.05, 4.69) is 0 Å². The number of anilines is 1. The van der Waals surface area contributed by atoms with Gasteiger partial charge in [0.15, 0.2) is 0 Å². The van der Waals surface area contributed by atoms with E-state index in [-0.39, 0.29) is 23.8 Å². The van der Waals surface area contributed by atoms with Crippen molar-refractivity contribution in [1.82, 2.24) is 0 Å². The molecule has 0 aromatic heterocycles. The molecule has 1 aliphatic carbocycles. The molecule has 3 rings (SSSR count). The van der Waals surface area contributed by atoms with E-state index in [1.165, 1.54) is 12.1 Å². The largest absolute Gasteiger partial charge is 0.487 e. The molecule has 1 heterocycles.